The molecule has 0 aliphatic carbocycles. The lowest BCUT2D eigenvalue weighted by Gasteiger charge is -2.01. The van der Waals surface area contributed by atoms with Crippen LogP contribution in [-0.2, 0) is 11.2 Å². The maximum Gasteiger partial charge on any atom is 0.152 e. The highest BCUT2D eigenvalue weighted by Crippen LogP contribution is 2.18. The Hall–Kier alpha value is -0.410. The number of carbonyl (C=O) groups is 1. The molecule has 0 atom stereocenters. The Morgan fingerprint density at radius 1 is 1.54 bits per heavy atom. The molecule has 0 aromatic heterocycles. The Bertz CT molecular complexity index is 327. The number of alkyl halides is 1. The average molecular weight is 266 g/mol. The van der Waals surface area contributed by atoms with Gasteiger partial charge in [0.25, 0.3) is 0 Å². The Morgan fingerprint density at radius 3 is 2.85 bits per heavy atom. The van der Waals surface area contributed by atoms with Crippen LogP contribution in [0.15, 0.2) is 22.7 Å². The lowest BCUT2D eigenvalue weighted by Crippen LogP contribution is -2.05. The summed E-state index contributed by atoms with van der Waals surface area (Å²) in [7, 11) is 0. The monoisotopic (exact) mass is 264 g/mol. The fourth-order valence-corrected chi connectivity index (χ4v) is 1.45. The van der Waals surface area contributed by atoms with E-state index in [2.05, 4.69) is 15.9 Å². The molecule has 0 radical (unpaired) electrons. The standard InChI is InChI=1S/C9H7BrClFO/c10-8-3-1-2-6(9(8)12)4-7(13)5-11/h1-3H,4-5H2. The molecule has 0 fully saturated rings. The fraction of sp³-hybridized carbons (Fsp3) is 0.222. The van der Waals surface area contributed by atoms with Crippen molar-refractivity contribution < 1.29 is 9.18 Å². The lowest BCUT2D eigenvalue weighted by atomic mass is 10.1. The smallest absolute Gasteiger partial charge is 0.152 e. The predicted molar refractivity (Wildman–Crippen MR) is 53.5 cm³/mol. The van der Waals surface area contributed by atoms with Crippen molar-refractivity contribution in [2.24, 2.45) is 0 Å². The molecule has 0 amide bonds. The minimum absolute atomic E-state index is 0.0504. The zero-order chi connectivity index (χ0) is 9.84. The molecule has 13 heavy (non-hydrogen) atoms. The van der Waals surface area contributed by atoms with Gasteiger partial charge in [-0.2, -0.15) is 0 Å². The van der Waals surface area contributed by atoms with Gasteiger partial charge in [0.2, 0.25) is 0 Å². The van der Waals surface area contributed by atoms with E-state index in [1.807, 2.05) is 0 Å². The van der Waals surface area contributed by atoms with Crippen LogP contribution < -0.4 is 0 Å². The summed E-state index contributed by atoms with van der Waals surface area (Å²) in [6.07, 6.45) is 0.0504. The van der Waals surface area contributed by atoms with Crippen molar-refractivity contribution in [1.82, 2.24) is 0 Å². The third kappa shape index (κ3) is 2.78. The highest BCUT2D eigenvalue weighted by molar-refractivity contribution is 9.10. The number of Topliss-reactive ketones (excluding diaryl/α,β-unsaturated/α-hetero) is 1. The van der Waals surface area contributed by atoms with E-state index in [0.29, 0.717) is 10.0 Å². The van der Waals surface area contributed by atoms with Crippen molar-refractivity contribution in [2.45, 2.75) is 6.42 Å². The summed E-state index contributed by atoms with van der Waals surface area (Å²) in [5.41, 5.74) is 0.375. The molecule has 0 N–H and O–H groups in total. The molecular weight excluding hydrogens is 258 g/mol. The van der Waals surface area contributed by atoms with E-state index in [4.69, 9.17) is 11.6 Å². The van der Waals surface area contributed by atoms with Gasteiger partial charge in [0, 0.05) is 6.42 Å². The average Bonchev–Trinajstić information content (AvgIpc) is 2.13. The molecule has 0 spiro atoms. The Morgan fingerprint density at radius 2 is 2.23 bits per heavy atom. The molecule has 1 rings (SSSR count). The molecule has 0 saturated heterocycles. The van der Waals surface area contributed by atoms with Crippen LogP contribution >= 0.6 is 27.5 Å². The molecule has 70 valence electrons. The molecule has 0 unspecified atom stereocenters. The Balaban J connectivity index is 2.89. The number of rotatable bonds is 3. The summed E-state index contributed by atoms with van der Waals surface area (Å²) in [5, 5.41) is 0. The van der Waals surface area contributed by atoms with Gasteiger partial charge in [0.15, 0.2) is 5.78 Å². The number of halogens is 3. The van der Waals surface area contributed by atoms with Crippen LogP contribution in [0.25, 0.3) is 0 Å². The van der Waals surface area contributed by atoms with Gasteiger partial charge in [-0.25, -0.2) is 4.39 Å². The van der Waals surface area contributed by atoms with E-state index in [1.165, 1.54) is 0 Å². The number of ketones is 1. The molecular formula is C9H7BrClFO. The number of benzene rings is 1. The Labute approximate surface area is 89.0 Å². The predicted octanol–water partition coefficient (Wildman–Crippen LogP) is 2.94. The fourth-order valence-electron chi connectivity index (χ4n) is 0.945. The van der Waals surface area contributed by atoms with E-state index in [0.717, 1.165) is 0 Å². The second-order valence-electron chi connectivity index (χ2n) is 2.56. The largest absolute Gasteiger partial charge is 0.298 e. The van der Waals surface area contributed by atoms with Crippen LogP contribution in [0.5, 0.6) is 0 Å². The highest BCUT2D eigenvalue weighted by Gasteiger charge is 2.09. The van der Waals surface area contributed by atoms with Crippen molar-refractivity contribution in [1.29, 1.82) is 0 Å². The number of hydrogen-bond donors (Lipinski definition) is 0. The molecule has 1 aromatic carbocycles. The molecule has 0 saturated carbocycles. The van der Waals surface area contributed by atoms with Crippen molar-refractivity contribution in [3.8, 4) is 0 Å². The van der Waals surface area contributed by atoms with E-state index >= 15 is 0 Å². The van der Waals surface area contributed by atoms with Crippen molar-refractivity contribution in [2.75, 3.05) is 5.88 Å². The first-order valence-electron chi connectivity index (χ1n) is 3.65. The molecule has 4 heteroatoms. The van der Waals surface area contributed by atoms with Gasteiger partial charge in [-0.05, 0) is 27.6 Å². The maximum absolute atomic E-state index is 13.3. The van der Waals surface area contributed by atoms with Gasteiger partial charge in [0.1, 0.15) is 5.82 Å². The summed E-state index contributed by atoms with van der Waals surface area (Å²) in [5.74, 6) is -0.647. The number of carbonyl (C=O) groups excluding carboxylic acids is 1. The Kier molecular flexibility index (Phi) is 3.88. The first-order chi connectivity index (χ1) is 6.15. The zero-order valence-electron chi connectivity index (χ0n) is 6.69. The van der Waals surface area contributed by atoms with Crippen LogP contribution in [0.1, 0.15) is 5.56 Å². The van der Waals surface area contributed by atoms with Gasteiger partial charge < -0.3 is 0 Å². The van der Waals surface area contributed by atoms with E-state index < -0.39 is 0 Å². The van der Waals surface area contributed by atoms with Crippen molar-refractivity contribution in [3.05, 3.63) is 34.1 Å². The molecule has 1 nitrogen and oxygen atoms in total. The van der Waals surface area contributed by atoms with E-state index in [9.17, 15) is 9.18 Å². The minimum Gasteiger partial charge on any atom is -0.298 e. The summed E-state index contributed by atoms with van der Waals surface area (Å²) in [6.45, 7) is 0. The van der Waals surface area contributed by atoms with Crippen LogP contribution in [0.2, 0.25) is 0 Å². The molecule has 0 bridgehead atoms. The molecule has 0 aliphatic rings. The van der Waals surface area contributed by atoms with Gasteiger partial charge in [-0.15, -0.1) is 11.6 Å². The molecule has 0 heterocycles. The van der Waals surface area contributed by atoms with Gasteiger partial charge >= 0.3 is 0 Å². The highest BCUT2D eigenvalue weighted by atomic mass is 79.9. The van der Waals surface area contributed by atoms with E-state index in [1.54, 1.807) is 18.2 Å². The zero-order valence-corrected chi connectivity index (χ0v) is 9.03. The molecule has 0 aliphatic heterocycles. The summed E-state index contributed by atoms with van der Waals surface area (Å²) < 4.78 is 13.6. The van der Waals surface area contributed by atoms with Crippen molar-refractivity contribution >= 4 is 33.3 Å². The van der Waals surface area contributed by atoms with Crippen molar-refractivity contribution in [3.63, 3.8) is 0 Å². The van der Waals surface area contributed by atoms with Crippen LogP contribution in [0, 0.1) is 5.82 Å². The first-order valence-corrected chi connectivity index (χ1v) is 4.98. The topological polar surface area (TPSA) is 17.1 Å². The molecule has 1 aromatic rings. The van der Waals surface area contributed by atoms with Gasteiger partial charge in [-0.1, -0.05) is 12.1 Å². The van der Waals surface area contributed by atoms with Crippen LogP contribution in [0.4, 0.5) is 4.39 Å². The quantitative estimate of drug-likeness (QED) is 0.768. The second kappa shape index (κ2) is 4.72. The second-order valence-corrected chi connectivity index (χ2v) is 3.68. The number of hydrogen-bond acceptors (Lipinski definition) is 1. The lowest BCUT2D eigenvalue weighted by molar-refractivity contribution is -0.116. The van der Waals surface area contributed by atoms with Crippen LogP contribution in [-0.4, -0.2) is 11.7 Å². The third-order valence-electron chi connectivity index (χ3n) is 1.57. The summed E-state index contributed by atoms with van der Waals surface area (Å²) >= 11 is 8.35. The van der Waals surface area contributed by atoms with E-state index in [-0.39, 0.29) is 23.9 Å². The normalized spacial score (nSPS) is 10.1. The first kappa shape index (κ1) is 10.7. The maximum atomic E-state index is 13.3. The van der Waals surface area contributed by atoms with Gasteiger partial charge in [-0.3, -0.25) is 4.79 Å². The summed E-state index contributed by atoms with van der Waals surface area (Å²) in [6, 6.07) is 4.85. The summed E-state index contributed by atoms with van der Waals surface area (Å²) in [4.78, 5) is 10.9. The van der Waals surface area contributed by atoms with Crippen LogP contribution in [0.3, 0.4) is 0 Å². The minimum atomic E-state index is -0.388. The SMILES string of the molecule is O=C(CCl)Cc1cccc(Br)c1F. The third-order valence-corrected chi connectivity index (χ3v) is 2.48. The van der Waals surface area contributed by atoms with Gasteiger partial charge in [0.05, 0.1) is 10.4 Å².